The summed E-state index contributed by atoms with van der Waals surface area (Å²) in [6.07, 6.45) is 3.44. The third-order valence-electron chi connectivity index (χ3n) is 4.14. The first-order valence-corrected chi connectivity index (χ1v) is 8.91. The molecular weight excluding hydrogens is 328 g/mol. The van der Waals surface area contributed by atoms with Crippen molar-refractivity contribution in [2.45, 2.75) is 45.1 Å². The molecule has 1 aromatic rings. The first-order valence-electron chi connectivity index (χ1n) is 8.54. The Hall–Kier alpha value is -1.75. The number of rotatable bonds is 6. The number of hydrogen-bond acceptors (Lipinski definition) is 3. The van der Waals surface area contributed by atoms with Crippen LogP contribution < -0.4 is 5.32 Å². The summed E-state index contributed by atoms with van der Waals surface area (Å²) in [4.78, 5) is 25.4. The Morgan fingerprint density at radius 1 is 1.33 bits per heavy atom. The molecule has 24 heavy (non-hydrogen) atoms. The highest BCUT2D eigenvalue weighted by atomic mass is 35.5. The Labute approximate surface area is 148 Å². The first kappa shape index (κ1) is 18.6. The molecule has 132 valence electrons. The number of aryl methyl sites for hydroxylation is 1. The molecule has 1 aromatic carbocycles. The Bertz CT molecular complexity index is 557. The van der Waals surface area contributed by atoms with Crippen LogP contribution in [0.1, 0.15) is 38.2 Å². The maximum Gasteiger partial charge on any atom is 0.409 e. The van der Waals surface area contributed by atoms with Gasteiger partial charge in [-0.1, -0.05) is 23.7 Å². The number of likely N-dealkylation sites (tertiary alicyclic amines) is 1. The zero-order chi connectivity index (χ0) is 17.4. The van der Waals surface area contributed by atoms with E-state index in [1.54, 1.807) is 11.8 Å². The Morgan fingerprint density at radius 3 is 2.75 bits per heavy atom. The molecule has 0 bridgehead atoms. The second kappa shape index (κ2) is 9.52. The van der Waals surface area contributed by atoms with Crippen molar-refractivity contribution in [1.82, 2.24) is 10.2 Å². The number of nitrogens with one attached hydrogen (secondary N) is 1. The number of amides is 2. The predicted molar refractivity (Wildman–Crippen MR) is 94.1 cm³/mol. The maximum absolute atomic E-state index is 12.0. The van der Waals surface area contributed by atoms with Crippen LogP contribution in [0.5, 0.6) is 0 Å². The van der Waals surface area contributed by atoms with Crippen LogP contribution in [0.3, 0.4) is 0 Å². The summed E-state index contributed by atoms with van der Waals surface area (Å²) >= 11 is 5.95. The molecule has 0 saturated carbocycles. The summed E-state index contributed by atoms with van der Waals surface area (Å²) in [5.74, 6) is 0.0756. The standard InChI is InChI=1S/C18H25ClN2O3/c1-2-24-18(23)21-11-9-16(10-12-21)20-17(22)8-4-6-14-5-3-7-15(19)13-14/h3,5,7,13,16H,2,4,6,8-12H2,1H3,(H,20,22). The molecule has 1 saturated heterocycles. The normalized spacial score (nSPS) is 15.2. The average Bonchev–Trinajstić information content (AvgIpc) is 2.56. The second-order valence-corrected chi connectivity index (χ2v) is 6.45. The number of nitrogens with zero attached hydrogens (tertiary/aromatic N) is 1. The lowest BCUT2D eigenvalue weighted by atomic mass is 10.0. The van der Waals surface area contributed by atoms with E-state index >= 15 is 0 Å². The average molecular weight is 353 g/mol. The third kappa shape index (κ3) is 6.04. The molecule has 0 radical (unpaired) electrons. The molecule has 2 amide bonds. The third-order valence-corrected chi connectivity index (χ3v) is 4.38. The van der Waals surface area contributed by atoms with Gasteiger partial charge >= 0.3 is 6.09 Å². The highest BCUT2D eigenvalue weighted by molar-refractivity contribution is 6.30. The van der Waals surface area contributed by atoms with Crippen LogP contribution >= 0.6 is 11.6 Å². The van der Waals surface area contributed by atoms with E-state index in [0.717, 1.165) is 36.3 Å². The molecule has 1 aliphatic rings. The minimum Gasteiger partial charge on any atom is -0.450 e. The minimum atomic E-state index is -0.260. The lowest BCUT2D eigenvalue weighted by molar-refractivity contribution is -0.122. The van der Waals surface area contributed by atoms with Crippen LogP contribution in [0.15, 0.2) is 24.3 Å². The van der Waals surface area contributed by atoms with Crippen molar-refractivity contribution in [1.29, 1.82) is 0 Å². The fourth-order valence-corrected chi connectivity index (χ4v) is 3.08. The van der Waals surface area contributed by atoms with Gasteiger partial charge in [0.15, 0.2) is 0 Å². The fourth-order valence-electron chi connectivity index (χ4n) is 2.87. The van der Waals surface area contributed by atoms with E-state index < -0.39 is 0 Å². The van der Waals surface area contributed by atoms with Crippen molar-refractivity contribution >= 4 is 23.6 Å². The number of piperidine rings is 1. The summed E-state index contributed by atoms with van der Waals surface area (Å²) in [7, 11) is 0. The van der Waals surface area contributed by atoms with E-state index in [-0.39, 0.29) is 18.0 Å². The quantitative estimate of drug-likeness (QED) is 0.853. The highest BCUT2D eigenvalue weighted by Gasteiger charge is 2.24. The SMILES string of the molecule is CCOC(=O)N1CCC(NC(=O)CCCc2cccc(Cl)c2)CC1. The number of halogens is 1. The van der Waals surface area contributed by atoms with Crippen molar-refractivity contribution in [2.75, 3.05) is 19.7 Å². The van der Waals surface area contributed by atoms with Gasteiger partial charge in [0.05, 0.1) is 6.61 Å². The summed E-state index contributed by atoms with van der Waals surface area (Å²) < 4.78 is 4.99. The van der Waals surface area contributed by atoms with Gasteiger partial charge in [-0.2, -0.15) is 0 Å². The van der Waals surface area contributed by atoms with Gasteiger partial charge in [0, 0.05) is 30.6 Å². The topological polar surface area (TPSA) is 58.6 Å². The van der Waals surface area contributed by atoms with Gasteiger partial charge in [-0.05, 0) is 50.3 Å². The van der Waals surface area contributed by atoms with Gasteiger partial charge in [-0.3, -0.25) is 4.79 Å². The van der Waals surface area contributed by atoms with Gasteiger partial charge in [-0.15, -0.1) is 0 Å². The maximum atomic E-state index is 12.0. The molecule has 1 heterocycles. The van der Waals surface area contributed by atoms with Crippen LogP contribution in [0, 0.1) is 0 Å². The first-order chi connectivity index (χ1) is 11.6. The molecule has 0 aliphatic carbocycles. The summed E-state index contributed by atoms with van der Waals surface area (Å²) in [6, 6.07) is 7.88. The number of hydrogen-bond donors (Lipinski definition) is 1. The van der Waals surface area contributed by atoms with Crippen LogP contribution in [-0.2, 0) is 16.0 Å². The molecular formula is C18H25ClN2O3. The minimum absolute atomic E-state index is 0.0756. The zero-order valence-electron chi connectivity index (χ0n) is 14.1. The van der Waals surface area contributed by atoms with E-state index in [4.69, 9.17) is 16.3 Å². The molecule has 1 aliphatic heterocycles. The number of benzene rings is 1. The van der Waals surface area contributed by atoms with E-state index in [9.17, 15) is 9.59 Å². The van der Waals surface area contributed by atoms with E-state index in [1.165, 1.54) is 0 Å². The lowest BCUT2D eigenvalue weighted by Gasteiger charge is -2.31. The van der Waals surface area contributed by atoms with Crippen molar-refractivity contribution in [3.8, 4) is 0 Å². The Balaban J connectivity index is 1.64. The van der Waals surface area contributed by atoms with Crippen molar-refractivity contribution in [3.05, 3.63) is 34.9 Å². The van der Waals surface area contributed by atoms with Crippen molar-refractivity contribution in [2.24, 2.45) is 0 Å². The van der Waals surface area contributed by atoms with E-state index in [0.29, 0.717) is 26.1 Å². The van der Waals surface area contributed by atoms with Gasteiger partial charge in [0.25, 0.3) is 0 Å². The van der Waals surface area contributed by atoms with Gasteiger partial charge in [0.2, 0.25) is 5.91 Å². The largest absolute Gasteiger partial charge is 0.450 e. The molecule has 0 unspecified atom stereocenters. The molecule has 0 atom stereocenters. The smallest absolute Gasteiger partial charge is 0.409 e. The second-order valence-electron chi connectivity index (χ2n) is 6.01. The molecule has 0 aromatic heterocycles. The highest BCUT2D eigenvalue weighted by Crippen LogP contribution is 2.14. The molecule has 1 fully saturated rings. The summed E-state index contributed by atoms with van der Waals surface area (Å²) in [5, 5.41) is 3.79. The zero-order valence-corrected chi connectivity index (χ0v) is 14.8. The Kier molecular flexibility index (Phi) is 7.37. The molecule has 0 spiro atoms. The van der Waals surface area contributed by atoms with Crippen molar-refractivity contribution in [3.63, 3.8) is 0 Å². The van der Waals surface area contributed by atoms with Crippen molar-refractivity contribution < 1.29 is 14.3 Å². The Morgan fingerprint density at radius 2 is 2.08 bits per heavy atom. The fraction of sp³-hybridized carbons (Fsp3) is 0.556. The van der Waals surface area contributed by atoms with E-state index in [2.05, 4.69) is 5.32 Å². The molecule has 2 rings (SSSR count). The van der Waals surface area contributed by atoms with Crippen LogP contribution in [-0.4, -0.2) is 42.6 Å². The monoisotopic (exact) mass is 352 g/mol. The van der Waals surface area contributed by atoms with Gasteiger partial charge in [0.1, 0.15) is 0 Å². The van der Waals surface area contributed by atoms with Gasteiger partial charge < -0.3 is 15.0 Å². The molecule has 1 N–H and O–H groups in total. The number of ether oxygens (including phenoxy) is 1. The predicted octanol–water partition coefficient (Wildman–Crippen LogP) is 3.40. The molecule has 6 heteroatoms. The number of carbonyl (C=O) groups excluding carboxylic acids is 2. The van der Waals surface area contributed by atoms with Crippen LogP contribution in [0.2, 0.25) is 5.02 Å². The lowest BCUT2D eigenvalue weighted by Crippen LogP contribution is -2.46. The van der Waals surface area contributed by atoms with Crippen LogP contribution in [0.25, 0.3) is 0 Å². The van der Waals surface area contributed by atoms with Crippen LogP contribution in [0.4, 0.5) is 4.79 Å². The summed E-state index contributed by atoms with van der Waals surface area (Å²) in [5.41, 5.74) is 1.15. The van der Waals surface area contributed by atoms with E-state index in [1.807, 2.05) is 24.3 Å². The van der Waals surface area contributed by atoms with Gasteiger partial charge in [-0.25, -0.2) is 4.79 Å². The molecule has 5 nitrogen and oxygen atoms in total. The number of carbonyl (C=O) groups is 2. The summed E-state index contributed by atoms with van der Waals surface area (Å²) in [6.45, 7) is 3.45.